The van der Waals surface area contributed by atoms with Crippen molar-refractivity contribution in [1.82, 2.24) is 0 Å². The van der Waals surface area contributed by atoms with Crippen molar-refractivity contribution in [3.63, 3.8) is 0 Å². The molecule has 0 aromatic heterocycles. The van der Waals surface area contributed by atoms with E-state index in [-0.39, 0.29) is 12.5 Å². The third-order valence-corrected chi connectivity index (χ3v) is 5.76. The summed E-state index contributed by atoms with van der Waals surface area (Å²) >= 11 is 7.60. The van der Waals surface area contributed by atoms with Crippen molar-refractivity contribution in [2.75, 3.05) is 18.1 Å². The fraction of sp³-hybridized carbons (Fsp3) is 0.261. The van der Waals surface area contributed by atoms with E-state index < -0.39 is 6.10 Å². The molecular formula is C23H23ClN2O4S. The molecule has 1 amide bonds. The summed E-state index contributed by atoms with van der Waals surface area (Å²) in [4.78, 5) is 30.6. The summed E-state index contributed by atoms with van der Waals surface area (Å²) in [6, 6.07) is 12.8. The highest BCUT2D eigenvalue weighted by Gasteiger charge is 2.35. The van der Waals surface area contributed by atoms with E-state index >= 15 is 0 Å². The fourth-order valence-corrected chi connectivity index (χ4v) is 4.15. The second-order valence-corrected chi connectivity index (χ2v) is 8.32. The highest BCUT2D eigenvalue weighted by molar-refractivity contribution is 8.19. The van der Waals surface area contributed by atoms with E-state index in [1.54, 1.807) is 29.2 Å². The predicted molar refractivity (Wildman–Crippen MR) is 126 cm³/mol. The number of amidine groups is 1. The quantitative estimate of drug-likeness (QED) is 0.466. The summed E-state index contributed by atoms with van der Waals surface area (Å²) in [5, 5.41) is 10.3. The van der Waals surface area contributed by atoms with Gasteiger partial charge in [0.2, 0.25) is 0 Å². The normalized spacial score (nSPS) is 17.4. The van der Waals surface area contributed by atoms with Gasteiger partial charge in [-0.25, -0.2) is 0 Å². The predicted octanol–water partition coefficient (Wildman–Crippen LogP) is 4.47. The average Bonchev–Trinajstić information content (AvgIpc) is 3.06. The zero-order valence-corrected chi connectivity index (χ0v) is 18.8. The van der Waals surface area contributed by atoms with Crippen LogP contribution in [0.1, 0.15) is 24.5 Å². The van der Waals surface area contributed by atoms with Gasteiger partial charge in [-0.3, -0.25) is 14.7 Å². The molecule has 3 rings (SSSR count). The van der Waals surface area contributed by atoms with Gasteiger partial charge in [-0.05, 0) is 60.5 Å². The number of thioether (sulfide) groups is 1. The molecule has 6 nitrogen and oxygen atoms in total. The number of nitrogens with zero attached hydrogens (tertiary/aromatic N) is 2. The summed E-state index contributed by atoms with van der Waals surface area (Å²) in [7, 11) is 0. The summed E-state index contributed by atoms with van der Waals surface area (Å²) in [6.45, 7) is 4.46. The molecule has 0 radical (unpaired) electrons. The smallest absolute Gasteiger partial charge is 0.271 e. The maximum atomic E-state index is 13.2. The molecule has 1 fully saturated rings. The Morgan fingerprint density at radius 1 is 1.29 bits per heavy atom. The Hall–Kier alpha value is -2.61. The van der Waals surface area contributed by atoms with Gasteiger partial charge in [-0.1, -0.05) is 42.8 Å². The Morgan fingerprint density at radius 3 is 2.74 bits per heavy atom. The van der Waals surface area contributed by atoms with Crippen molar-refractivity contribution < 1.29 is 19.4 Å². The van der Waals surface area contributed by atoms with Crippen molar-refractivity contribution in [2.45, 2.75) is 26.4 Å². The van der Waals surface area contributed by atoms with Crippen LogP contribution in [0, 0.1) is 6.92 Å². The lowest BCUT2D eigenvalue weighted by Crippen LogP contribution is -2.29. The van der Waals surface area contributed by atoms with E-state index in [1.165, 1.54) is 11.8 Å². The largest absolute Gasteiger partial charge is 0.489 e. The molecule has 0 saturated carbocycles. The van der Waals surface area contributed by atoms with E-state index in [1.807, 2.05) is 38.1 Å². The number of carbonyl (C=O) groups excluding carboxylic acids is 2. The molecule has 1 saturated heterocycles. The van der Waals surface area contributed by atoms with E-state index in [9.17, 15) is 14.7 Å². The number of aryl methyl sites for hydroxylation is 1. The van der Waals surface area contributed by atoms with Gasteiger partial charge in [0.15, 0.2) is 11.5 Å². The summed E-state index contributed by atoms with van der Waals surface area (Å²) < 4.78 is 5.35. The molecule has 0 bridgehead atoms. The maximum Gasteiger partial charge on any atom is 0.271 e. The van der Waals surface area contributed by atoms with Gasteiger partial charge in [0.25, 0.3) is 5.91 Å². The van der Waals surface area contributed by atoms with Crippen LogP contribution in [-0.4, -0.2) is 41.7 Å². The highest BCUT2D eigenvalue weighted by Crippen LogP contribution is 2.38. The second kappa shape index (κ2) is 10.6. The summed E-state index contributed by atoms with van der Waals surface area (Å²) in [6.07, 6.45) is 1.84. The fourth-order valence-electron chi connectivity index (χ4n) is 2.90. The number of aldehydes is 1. The van der Waals surface area contributed by atoms with Crippen molar-refractivity contribution in [2.24, 2.45) is 4.99 Å². The van der Waals surface area contributed by atoms with Crippen molar-refractivity contribution in [3.8, 4) is 5.75 Å². The molecule has 1 aliphatic rings. The zero-order chi connectivity index (χ0) is 22.4. The van der Waals surface area contributed by atoms with Crippen molar-refractivity contribution in [3.05, 3.63) is 63.5 Å². The Bertz CT molecular complexity index is 1040. The second-order valence-electron chi connectivity index (χ2n) is 6.91. The number of halogens is 1. The first-order valence-electron chi connectivity index (χ1n) is 9.84. The lowest BCUT2D eigenvalue weighted by Gasteiger charge is -2.18. The maximum absolute atomic E-state index is 13.2. The number of anilines is 1. The van der Waals surface area contributed by atoms with Gasteiger partial charge in [0, 0.05) is 6.54 Å². The van der Waals surface area contributed by atoms with Crippen LogP contribution < -0.4 is 9.64 Å². The number of aliphatic imine (C=N–C) groups is 1. The van der Waals surface area contributed by atoms with E-state index in [2.05, 4.69) is 4.99 Å². The van der Waals surface area contributed by atoms with Crippen molar-refractivity contribution >= 4 is 52.5 Å². The zero-order valence-electron chi connectivity index (χ0n) is 17.2. The van der Waals surface area contributed by atoms with Crippen LogP contribution in [0.25, 0.3) is 6.08 Å². The lowest BCUT2D eigenvalue weighted by atomic mass is 10.1. The molecule has 0 aliphatic carbocycles. The van der Waals surface area contributed by atoms with Gasteiger partial charge in [-0.15, -0.1) is 0 Å². The molecule has 2 aromatic rings. The van der Waals surface area contributed by atoms with Gasteiger partial charge in [-0.2, -0.15) is 0 Å². The van der Waals surface area contributed by atoms with Gasteiger partial charge in [0.05, 0.1) is 15.6 Å². The number of hydrogen-bond acceptors (Lipinski definition) is 6. The number of hydrogen-bond donors (Lipinski definition) is 1. The monoisotopic (exact) mass is 458 g/mol. The molecule has 31 heavy (non-hydrogen) atoms. The number of para-hydroxylation sites is 1. The third kappa shape index (κ3) is 5.55. The van der Waals surface area contributed by atoms with Crippen LogP contribution in [0.5, 0.6) is 5.75 Å². The van der Waals surface area contributed by atoms with Crippen LogP contribution >= 0.6 is 23.4 Å². The van der Waals surface area contributed by atoms with Crippen LogP contribution in [0.3, 0.4) is 0 Å². The van der Waals surface area contributed by atoms with Crippen LogP contribution in [0.2, 0.25) is 5.02 Å². The molecule has 1 atom stereocenters. The number of ether oxygens (including phenoxy) is 1. The molecule has 0 unspecified atom stereocenters. The number of amides is 1. The Morgan fingerprint density at radius 2 is 2.06 bits per heavy atom. The van der Waals surface area contributed by atoms with Crippen LogP contribution in [0.4, 0.5) is 5.69 Å². The van der Waals surface area contributed by atoms with Crippen molar-refractivity contribution in [1.29, 1.82) is 0 Å². The number of aliphatic hydroxyl groups excluding tert-OH is 1. The first kappa shape index (κ1) is 23.1. The molecule has 0 spiro atoms. The lowest BCUT2D eigenvalue weighted by molar-refractivity contribution is -0.116. The van der Waals surface area contributed by atoms with Gasteiger partial charge >= 0.3 is 0 Å². The number of aliphatic hydroxyl groups is 1. The minimum Gasteiger partial charge on any atom is -0.489 e. The summed E-state index contributed by atoms with van der Waals surface area (Å²) in [5.74, 6) is 0.210. The SMILES string of the molecule is CCCN=C1S/C(=C/c2ccc(OC[C@@H](O)C=O)c(Cl)c2)C(=O)N1c1ccccc1C. The van der Waals surface area contributed by atoms with Crippen LogP contribution in [-0.2, 0) is 9.59 Å². The summed E-state index contributed by atoms with van der Waals surface area (Å²) in [5.41, 5.74) is 2.53. The van der Waals surface area contributed by atoms with E-state index in [0.717, 1.165) is 23.2 Å². The Labute approximate surface area is 190 Å². The van der Waals surface area contributed by atoms with Gasteiger partial charge < -0.3 is 14.6 Å². The average molecular weight is 459 g/mol. The molecule has 1 N–H and O–H groups in total. The number of carbonyl (C=O) groups is 2. The minimum absolute atomic E-state index is 0.139. The van der Waals surface area contributed by atoms with Gasteiger partial charge in [0.1, 0.15) is 18.5 Å². The molecular weight excluding hydrogens is 436 g/mol. The third-order valence-electron chi connectivity index (χ3n) is 4.45. The molecule has 1 heterocycles. The molecule has 2 aromatic carbocycles. The minimum atomic E-state index is -1.21. The molecule has 8 heteroatoms. The topological polar surface area (TPSA) is 79.2 Å². The Kier molecular flexibility index (Phi) is 7.90. The first-order valence-corrected chi connectivity index (χ1v) is 11.0. The van der Waals surface area contributed by atoms with E-state index in [4.69, 9.17) is 16.3 Å². The molecule has 1 aliphatic heterocycles. The number of benzene rings is 2. The molecule has 162 valence electrons. The number of rotatable bonds is 8. The van der Waals surface area contributed by atoms with E-state index in [0.29, 0.717) is 33.7 Å². The Balaban J connectivity index is 1.88. The highest BCUT2D eigenvalue weighted by atomic mass is 35.5. The standard InChI is InChI=1S/C23H23ClN2O4S/c1-3-10-25-23-26(19-7-5-4-6-15(19)2)22(29)21(31-23)12-16-8-9-20(18(24)11-16)30-14-17(28)13-27/h4-9,11-13,17,28H,3,10,14H2,1-2H3/b21-12+,25-23?/t17-/m0/s1. The first-order chi connectivity index (χ1) is 14.9. The van der Waals surface area contributed by atoms with Crippen LogP contribution in [0.15, 0.2) is 52.4 Å².